The molecule has 2 aromatic rings. The molecule has 144 valence electrons. The number of ether oxygens (including phenoxy) is 1. The number of benzene rings is 1. The van der Waals surface area contributed by atoms with Crippen LogP contribution in [0.2, 0.25) is 0 Å². The topological polar surface area (TPSA) is 84.5 Å². The van der Waals surface area contributed by atoms with Gasteiger partial charge in [0.15, 0.2) is 6.61 Å². The van der Waals surface area contributed by atoms with Gasteiger partial charge >= 0.3 is 5.97 Å². The van der Waals surface area contributed by atoms with Crippen molar-refractivity contribution in [3.63, 3.8) is 0 Å². The zero-order valence-corrected chi connectivity index (χ0v) is 17.1. The first-order chi connectivity index (χ1) is 12.9. The van der Waals surface area contributed by atoms with Crippen molar-refractivity contribution in [2.24, 2.45) is 0 Å². The minimum Gasteiger partial charge on any atom is -0.452 e. The molecule has 6 nitrogen and oxygen atoms in total. The minimum absolute atomic E-state index is 0.265. The van der Waals surface area contributed by atoms with Gasteiger partial charge in [0.2, 0.25) is 5.91 Å². The first kappa shape index (κ1) is 21.0. The molecule has 27 heavy (non-hydrogen) atoms. The van der Waals surface area contributed by atoms with Crippen LogP contribution in [-0.2, 0) is 14.3 Å². The highest BCUT2D eigenvalue weighted by Gasteiger charge is 2.22. The van der Waals surface area contributed by atoms with E-state index in [1.54, 1.807) is 18.7 Å². The molecule has 0 saturated carbocycles. The van der Waals surface area contributed by atoms with Gasteiger partial charge in [0.05, 0.1) is 5.56 Å². The van der Waals surface area contributed by atoms with Crippen molar-refractivity contribution in [3.05, 3.63) is 46.3 Å². The Labute approximate surface area is 166 Å². The highest BCUT2D eigenvalue weighted by molar-refractivity contribution is 7.99. The molecule has 2 N–H and O–H groups in total. The van der Waals surface area contributed by atoms with Crippen LogP contribution in [0, 0.1) is 13.8 Å². The average molecular weight is 407 g/mol. The van der Waals surface area contributed by atoms with Gasteiger partial charge in [0.25, 0.3) is 5.91 Å². The SMILES string of the molecule is CC(=O)Nc1sc(C)c(C)c1C(=O)OCC(=O)NCCSc1ccccc1. The molecule has 0 aliphatic carbocycles. The van der Waals surface area contributed by atoms with Gasteiger partial charge < -0.3 is 15.4 Å². The molecule has 0 bridgehead atoms. The van der Waals surface area contributed by atoms with Crippen molar-refractivity contribution >= 4 is 45.9 Å². The number of thiophene rings is 1. The molecule has 1 aromatic heterocycles. The quantitative estimate of drug-likeness (QED) is 0.399. The Kier molecular flexibility index (Phi) is 7.87. The van der Waals surface area contributed by atoms with Crippen LogP contribution >= 0.6 is 23.1 Å². The summed E-state index contributed by atoms with van der Waals surface area (Å²) in [5.41, 5.74) is 1.05. The van der Waals surface area contributed by atoms with Crippen LogP contribution < -0.4 is 10.6 Å². The third-order valence-corrected chi connectivity index (χ3v) is 5.79. The summed E-state index contributed by atoms with van der Waals surface area (Å²) in [6.07, 6.45) is 0. The summed E-state index contributed by atoms with van der Waals surface area (Å²) < 4.78 is 5.12. The highest BCUT2D eigenvalue weighted by Crippen LogP contribution is 2.32. The van der Waals surface area contributed by atoms with Crippen molar-refractivity contribution in [1.82, 2.24) is 5.32 Å². The Morgan fingerprint density at radius 2 is 1.85 bits per heavy atom. The number of nitrogens with one attached hydrogen (secondary N) is 2. The van der Waals surface area contributed by atoms with Gasteiger partial charge in [-0.25, -0.2) is 4.79 Å². The molecule has 0 aliphatic rings. The predicted molar refractivity (Wildman–Crippen MR) is 109 cm³/mol. The minimum atomic E-state index is -0.616. The van der Waals surface area contributed by atoms with Gasteiger partial charge in [-0.2, -0.15) is 0 Å². The van der Waals surface area contributed by atoms with Crippen molar-refractivity contribution in [1.29, 1.82) is 0 Å². The van der Waals surface area contributed by atoms with Crippen LogP contribution in [0.3, 0.4) is 0 Å². The number of carbonyl (C=O) groups is 3. The first-order valence-corrected chi connectivity index (χ1v) is 10.2. The largest absolute Gasteiger partial charge is 0.452 e. The van der Waals surface area contributed by atoms with Crippen LogP contribution in [0.25, 0.3) is 0 Å². The average Bonchev–Trinajstić information content (AvgIpc) is 2.90. The van der Waals surface area contributed by atoms with E-state index in [-0.39, 0.29) is 18.4 Å². The summed E-state index contributed by atoms with van der Waals surface area (Å²) in [7, 11) is 0. The van der Waals surface area contributed by atoms with Gasteiger partial charge in [-0.15, -0.1) is 23.1 Å². The van der Waals surface area contributed by atoms with Crippen LogP contribution in [0.4, 0.5) is 5.00 Å². The van der Waals surface area contributed by atoms with Crippen LogP contribution in [-0.4, -0.2) is 36.7 Å². The van der Waals surface area contributed by atoms with Gasteiger partial charge in [0, 0.05) is 29.0 Å². The molecule has 0 spiro atoms. The number of thioether (sulfide) groups is 1. The molecule has 0 aliphatic heterocycles. The van der Waals surface area contributed by atoms with Gasteiger partial charge in [-0.05, 0) is 31.5 Å². The molecule has 0 unspecified atom stereocenters. The normalized spacial score (nSPS) is 10.3. The maximum atomic E-state index is 12.3. The number of hydrogen-bond acceptors (Lipinski definition) is 6. The maximum absolute atomic E-state index is 12.3. The highest BCUT2D eigenvalue weighted by atomic mass is 32.2. The number of rotatable bonds is 8. The fourth-order valence-electron chi connectivity index (χ4n) is 2.25. The third kappa shape index (κ3) is 6.41. The number of hydrogen-bond donors (Lipinski definition) is 2. The summed E-state index contributed by atoms with van der Waals surface area (Å²) in [5.74, 6) is -0.518. The molecule has 0 saturated heterocycles. The van der Waals surface area contributed by atoms with Gasteiger partial charge in [0.1, 0.15) is 5.00 Å². The molecule has 0 atom stereocenters. The monoisotopic (exact) mass is 406 g/mol. The van der Waals surface area contributed by atoms with E-state index >= 15 is 0 Å². The second kappa shape index (κ2) is 10.1. The fourth-order valence-corrected chi connectivity index (χ4v) is 4.14. The summed E-state index contributed by atoms with van der Waals surface area (Å²) in [5, 5.41) is 5.81. The third-order valence-electron chi connectivity index (χ3n) is 3.65. The molecule has 1 heterocycles. The lowest BCUT2D eigenvalue weighted by molar-refractivity contribution is -0.124. The van der Waals surface area contributed by atoms with E-state index in [1.165, 1.54) is 18.3 Å². The van der Waals surface area contributed by atoms with Crippen LogP contribution in [0.5, 0.6) is 0 Å². The van der Waals surface area contributed by atoms with Crippen molar-refractivity contribution < 1.29 is 19.1 Å². The predicted octanol–water partition coefficient (Wildman–Crippen LogP) is 3.39. The zero-order chi connectivity index (χ0) is 19.8. The Morgan fingerprint density at radius 1 is 1.15 bits per heavy atom. The van der Waals surface area contributed by atoms with Gasteiger partial charge in [-0.3, -0.25) is 9.59 Å². The van der Waals surface area contributed by atoms with E-state index in [2.05, 4.69) is 10.6 Å². The molecule has 8 heteroatoms. The zero-order valence-electron chi connectivity index (χ0n) is 15.5. The van der Waals surface area contributed by atoms with E-state index in [0.717, 1.165) is 21.1 Å². The number of esters is 1. The van der Waals surface area contributed by atoms with Gasteiger partial charge in [-0.1, -0.05) is 18.2 Å². The van der Waals surface area contributed by atoms with Crippen LogP contribution in [0.1, 0.15) is 27.7 Å². The molecular formula is C19H22N2O4S2. The molecule has 2 amide bonds. The summed E-state index contributed by atoms with van der Waals surface area (Å²) in [6.45, 7) is 5.14. The second-order valence-corrected chi connectivity index (χ2v) is 8.15. The van der Waals surface area contributed by atoms with E-state index in [9.17, 15) is 14.4 Å². The molecule has 1 aromatic carbocycles. The molecule has 2 rings (SSSR count). The van der Waals surface area contributed by atoms with E-state index in [1.807, 2.05) is 37.3 Å². The molecule has 0 radical (unpaired) electrons. The fraction of sp³-hybridized carbons (Fsp3) is 0.316. The standard InChI is InChI=1S/C19H22N2O4S2/c1-12-13(2)27-18(21-14(3)22)17(12)19(24)25-11-16(23)20-9-10-26-15-7-5-4-6-8-15/h4-8H,9-11H2,1-3H3,(H,20,23)(H,21,22). The molecular weight excluding hydrogens is 384 g/mol. The van der Waals surface area contributed by atoms with Crippen molar-refractivity contribution in [2.45, 2.75) is 25.7 Å². The van der Waals surface area contributed by atoms with E-state index in [4.69, 9.17) is 4.74 Å². The summed E-state index contributed by atoms with van der Waals surface area (Å²) in [4.78, 5) is 37.6. The smallest absolute Gasteiger partial charge is 0.341 e. The van der Waals surface area contributed by atoms with Crippen molar-refractivity contribution in [2.75, 3.05) is 24.2 Å². The lowest BCUT2D eigenvalue weighted by Gasteiger charge is -2.08. The molecule has 0 fully saturated rings. The van der Waals surface area contributed by atoms with Crippen molar-refractivity contribution in [3.8, 4) is 0 Å². The lowest BCUT2D eigenvalue weighted by Crippen LogP contribution is -2.30. The summed E-state index contributed by atoms with van der Waals surface area (Å²) >= 11 is 2.95. The number of amides is 2. The maximum Gasteiger partial charge on any atom is 0.341 e. The van der Waals surface area contributed by atoms with Crippen LogP contribution in [0.15, 0.2) is 35.2 Å². The number of carbonyl (C=O) groups excluding carboxylic acids is 3. The Hall–Kier alpha value is -2.32. The Bertz CT molecular complexity index is 819. The van der Waals surface area contributed by atoms with E-state index < -0.39 is 5.97 Å². The lowest BCUT2D eigenvalue weighted by atomic mass is 10.1. The first-order valence-electron chi connectivity index (χ1n) is 8.37. The Morgan fingerprint density at radius 3 is 2.52 bits per heavy atom. The second-order valence-electron chi connectivity index (χ2n) is 5.76. The number of aryl methyl sites for hydroxylation is 1. The number of anilines is 1. The summed E-state index contributed by atoms with van der Waals surface area (Å²) in [6, 6.07) is 9.89. The van der Waals surface area contributed by atoms with E-state index in [0.29, 0.717) is 17.1 Å². The Balaban J connectivity index is 1.79.